The summed E-state index contributed by atoms with van der Waals surface area (Å²) in [7, 11) is -4.56. The maximum atomic E-state index is 13.6. The highest BCUT2D eigenvalue weighted by atomic mass is 35.5. The molecule has 4 N–H and O–H groups in total. The zero-order valence-corrected chi connectivity index (χ0v) is 22.1. The average Bonchev–Trinajstić information content (AvgIpc) is 3.08. The van der Waals surface area contributed by atoms with Gasteiger partial charge in [0.25, 0.3) is 0 Å². The lowest BCUT2D eigenvalue weighted by atomic mass is 9.92. The maximum Gasteiger partial charge on any atom is 0.530 e. The minimum atomic E-state index is -4.56. The van der Waals surface area contributed by atoms with Crippen molar-refractivity contribution < 1.29 is 37.5 Å². The molecule has 14 nitrogen and oxygen atoms in total. The molecule has 1 unspecified atom stereocenters. The van der Waals surface area contributed by atoms with Gasteiger partial charge in [-0.25, -0.2) is 18.9 Å². The third kappa shape index (κ3) is 6.89. The Labute approximate surface area is 221 Å². The van der Waals surface area contributed by atoms with Crippen LogP contribution in [0.1, 0.15) is 27.0 Å². The van der Waals surface area contributed by atoms with Crippen LogP contribution in [0.2, 0.25) is 0 Å². The van der Waals surface area contributed by atoms with Gasteiger partial charge in [0, 0.05) is 5.38 Å². The van der Waals surface area contributed by atoms with Gasteiger partial charge in [0.15, 0.2) is 17.9 Å². The number of ether oxygens (including phenoxy) is 2. The maximum absolute atomic E-state index is 13.6. The van der Waals surface area contributed by atoms with Gasteiger partial charge in [-0.1, -0.05) is 24.1 Å². The van der Waals surface area contributed by atoms with Crippen LogP contribution < -0.4 is 21.6 Å². The van der Waals surface area contributed by atoms with Crippen molar-refractivity contribution in [2.24, 2.45) is 5.73 Å². The van der Waals surface area contributed by atoms with Crippen molar-refractivity contribution in [2.75, 3.05) is 6.61 Å². The van der Waals surface area contributed by atoms with Gasteiger partial charge in [0.2, 0.25) is 0 Å². The Kier molecular flexibility index (Phi) is 9.50. The van der Waals surface area contributed by atoms with Crippen molar-refractivity contribution in [1.29, 1.82) is 0 Å². The molecule has 2 heterocycles. The highest BCUT2D eigenvalue weighted by Gasteiger charge is 2.55. The van der Waals surface area contributed by atoms with E-state index in [0.717, 1.165) is 10.9 Å². The van der Waals surface area contributed by atoms with E-state index in [1.165, 1.54) is 19.1 Å². The number of H-pyrrole nitrogens is 1. The molecule has 2 aromatic rings. The number of hydrogen-bond donors (Lipinski definition) is 3. The van der Waals surface area contributed by atoms with Crippen molar-refractivity contribution in [3.8, 4) is 17.0 Å². The third-order valence-electron chi connectivity index (χ3n) is 5.15. The first-order valence-electron chi connectivity index (χ1n) is 11.2. The second kappa shape index (κ2) is 12.2. The molecule has 1 aliphatic heterocycles. The molecule has 0 bridgehead atoms. The van der Waals surface area contributed by atoms with Crippen LogP contribution in [0.15, 0.2) is 46.2 Å². The van der Waals surface area contributed by atoms with E-state index in [9.17, 15) is 24.1 Å². The highest BCUT2D eigenvalue weighted by Crippen LogP contribution is 2.51. The summed E-state index contributed by atoms with van der Waals surface area (Å²) >= 11 is 5.54. The van der Waals surface area contributed by atoms with E-state index in [2.05, 4.69) is 10.9 Å². The number of carbonyl (C=O) groups excluding carboxylic acids is 1. The molecular weight excluding hydrogens is 547 g/mol. The standard InChI is InChI=1S/C22H26ClN4O10P/c1-13(2)34-18(29)14(3)36-38(32,37-15-7-5-4-6-8-15)33-11-16-17(28)22(24,9-10-23)19(35-16)27-12-25-20(30)26-21(27)31/h4-8,12-14,16-17,19,28H,11,24H2,1-3H3,(H,26,30,31)/t14-,16+,17-,19+,22?,38-/m0/s1. The fourth-order valence-corrected chi connectivity index (χ4v) is 4.89. The molecule has 38 heavy (non-hydrogen) atoms. The van der Waals surface area contributed by atoms with Gasteiger partial charge in [-0.05, 0) is 44.5 Å². The summed E-state index contributed by atoms with van der Waals surface area (Å²) < 4.78 is 41.4. The summed E-state index contributed by atoms with van der Waals surface area (Å²) in [5.41, 5.74) is 2.40. The van der Waals surface area contributed by atoms with Crippen LogP contribution in [0, 0.1) is 11.3 Å². The number of nitrogens with zero attached hydrogens (tertiary/aromatic N) is 2. The minimum absolute atomic E-state index is 0.0954. The van der Waals surface area contributed by atoms with E-state index in [-0.39, 0.29) is 5.75 Å². The highest BCUT2D eigenvalue weighted by molar-refractivity contribution is 7.49. The number of aromatic nitrogens is 3. The number of aliphatic hydroxyl groups is 1. The molecule has 0 aliphatic carbocycles. The monoisotopic (exact) mass is 572 g/mol. The molecule has 0 spiro atoms. The van der Waals surface area contributed by atoms with Crippen LogP contribution in [0.25, 0.3) is 0 Å². The zero-order chi connectivity index (χ0) is 28.1. The number of aromatic amines is 1. The predicted octanol–water partition coefficient (Wildman–Crippen LogP) is 0.648. The van der Waals surface area contributed by atoms with E-state index in [0.29, 0.717) is 0 Å². The van der Waals surface area contributed by atoms with Crippen LogP contribution in [0.3, 0.4) is 0 Å². The van der Waals surface area contributed by atoms with Gasteiger partial charge in [-0.3, -0.25) is 18.6 Å². The molecule has 0 saturated carbocycles. The van der Waals surface area contributed by atoms with E-state index >= 15 is 0 Å². The molecule has 16 heteroatoms. The fourth-order valence-electron chi connectivity index (χ4n) is 3.39. The largest absolute Gasteiger partial charge is 0.530 e. The molecule has 1 aromatic heterocycles. The zero-order valence-electron chi connectivity index (χ0n) is 20.5. The summed E-state index contributed by atoms with van der Waals surface area (Å²) in [6.07, 6.45) is -5.50. The topological polar surface area (TPSA) is 194 Å². The number of nitrogens with one attached hydrogen (secondary N) is 1. The molecule has 6 atom stereocenters. The summed E-state index contributed by atoms with van der Waals surface area (Å²) in [4.78, 5) is 41.3. The lowest BCUT2D eigenvalue weighted by Crippen LogP contribution is -2.55. The Morgan fingerprint density at radius 3 is 2.63 bits per heavy atom. The Hall–Kier alpha value is -3.02. The molecule has 0 amide bonds. The Morgan fingerprint density at radius 1 is 1.34 bits per heavy atom. The molecule has 3 rings (SSSR count). The number of para-hydroxylation sites is 1. The summed E-state index contributed by atoms with van der Waals surface area (Å²) in [5.74, 6) is 1.66. The Bertz CT molecular complexity index is 1360. The number of esters is 1. The lowest BCUT2D eigenvalue weighted by Gasteiger charge is -2.27. The quantitative estimate of drug-likeness (QED) is 0.205. The second-order valence-electron chi connectivity index (χ2n) is 8.39. The first kappa shape index (κ1) is 29.5. The van der Waals surface area contributed by atoms with E-state index in [4.69, 9.17) is 40.4 Å². The van der Waals surface area contributed by atoms with Crippen molar-refractivity contribution >= 4 is 25.4 Å². The molecule has 1 fully saturated rings. The Morgan fingerprint density at radius 2 is 2.03 bits per heavy atom. The number of hydrogen-bond acceptors (Lipinski definition) is 12. The first-order valence-corrected chi connectivity index (χ1v) is 13.0. The van der Waals surface area contributed by atoms with Crippen LogP contribution in [-0.4, -0.2) is 62.2 Å². The first-order chi connectivity index (χ1) is 17.9. The molecule has 1 aliphatic rings. The fraction of sp³-hybridized carbons (Fsp3) is 0.455. The number of aliphatic hydroxyl groups excluding tert-OH is 1. The minimum Gasteiger partial charge on any atom is -0.461 e. The van der Waals surface area contributed by atoms with Crippen LogP contribution in [-0.2, 0) is 27.9 Å². The van der Waals surface area contributed by atoms with Gasteiger partial charge in [0.1, 0.15) is 24.3 Å². The number of phosphoric ester groups is 1. The summed E-state index contributed by atoms with van der Waals surface area (Å²) in [6, 6.07) is 7.85. The van der Waals surface area contributed by atoms with Crippen molar-refractivity contribution in [1.82, 2.24) is 14.5 Å². The van der Waals surface area contributed by atoms with Crippen molar-refractivity contribution in [3.63, 3.8) is 0 Å². The number of phosphoric acid groups is 1. The van der Waals surface area contributed by atoms with Gasteiger partial charge < -0.3 is 24.8 Å². The summed E-state index contributed by atoms with van der Waals surface area (Å²) in [5, 5.41) is 13.0. The van der Waals surface area contributed by atoms with Gasteiger partial charge in [-0.2, -0.15) is 4.98 Å². The van der Waals surface area contributed by atoms with Gasteiger partial charge >= 0.3 is 25.2 Å². The molecule has 1 aromatic carbocycles. The van der Waals surface area contributed by atoms with Crippen LogP contribution in [0.4, 0.5) is 0 Å². The lowest BCUT2D eigenvalue weighted by molar-refractivity contribution is -0.156. The normalized spacial score (nSPS) is 25.2. The summed E-state index contributed by atoms with van der Waals surface area (Å²) in [6.45, 7) is 3.88. The molecular formula is C22H26ClN4O10P. The SMILES string of the molecule is CC(C)OC(=O)[C@H](C)O[P@](=O)(OC[C@H]1O[C@@H](n2cnc(=O)[nH]c2=O)C(N)(C#CCl)[C@H]1O)Oc1ccccc1. The number of carbonyl (C=O) groups is 1. The van der Waals surface area contributed by atoms with Crippen LogP contribution in [0.5, 0.6) is 5.75 Å². The molecule has 1 saturated heterocycles. The van der Waals surface area contributed by atoms with E-state index in [1.54, 1.807) is 32.0 Å². The molecule has 206 valence electrons. The third-order valence-corrected chi connectivity index (χ3v) is 6.72. The number of nitrogens with two attached hydrogens (primary N) is 1. The predicted molar refractivity (Wildman–Crippen MR) is 132 cm³/mol. The van der Waals surface area contributed by atoms with Crippen molar-refractivity contribution in [2.45, 2.75) is 57.0 Å². The van der Waals surface area contributed by atoms with Crippen LogP contribution >= 0.6 is 19.4 Å². The van der Waals surface area contributed by atoms with Gasteiger partial charge in [-0.15, -0.1) is 0 Å². The van der Waals surface area contributed by atoms with Crippen molar-refractivity contribution in [3.05, 3.63) is 57.6 Å². The number of rotatable bonds is 10. The number of benzene rings is 1. The van der Waals surface area contributed by atoms with E-state index < -0.39 is 68.0 Å². The smallest absolute Gasteiger partial charge is 0.461 e. The second-order valence-corrected chi connectivity index (χ2v) is 10.1. The van der Waals surface area contributed by atoms with Gasteiger partial charge in [0.05, 0.1) is 12.7 Å². The average molecular weight is 573 g/mol. The molecule has 0 radical (unpaired) electrons. The van der Waals surface area contributed by atoms with E-state index in [1.807, 2.05) is 10.4 Å². The Balaban J connectivity index is 1.86. The number of halogens is 1.